The van der Waals surface area contributed by atoms with Crippen molar-refractivity contribution in [2.45, 2.75) is 25.0 Å². The van der Waals surface area contributed by atoms with Crippen molar-refractivity contribution in [1.82, 2.24) is 9.80 Å². The Labute approximate surface area is 166 Å². The lowest BCUT2D eigenvalue weighted by atomic mass is 9.98. The molecule has 1 aliphatic heterocycles. The number of nitrogens with zero attached hydrogens (tertiary/aromatic N) is 2. The molecule has 1 aliphatic rings. The van der Waals surface area contributed by atoms with E-state index in [0.29, 0.717) is 6.61 Å². The first-order valence-electron chi connectivity index (χ1n) is 9.79. The average Bonchev–Trinajstić information content (AvgIpc) is 2.68. The first kappa shape index (κ1) is 20.6. The quantitative estimate of drug-likeness (QED) is 0.753. The van der Waals surface area contributed by atoms with Gasteiger partial charge in [-0.2, -0.15) is 0 Å². The van der Waals surface area contributed by atoms with Gasteiger partial charge in [-0.3, -0.25) is 9.69 Å². The molecule has 0 aliphatic carbocycles. The van der Waals surface area contributed by atoms with Crippen molar-refractivity contribution in [1.29, 1.82) is 0 Å². The Balaban J connectivity index is 1.69. The Morgan fingerprint density at radius 3 is 2.50 bits per heavy atom. The van der Waals surface area contributed by atoms with E-state index in [1.54, 1.807) is 7.11 Å². The second-order valence-corrected chi connectivity index (χ2v) is 7.62. The summed E-state index contributed by atoms with van der Waals surface area (Å²) in [6.45, 7) is 3.07. The van der Waals surface area contributed by atoms with Crippen molar-refractivity contribution >= 4 is 16.7 Å². The van der Waals surface area contributed by atoms with Crippen molar-refractivity contribution in [2.75, 3.05) is 47.4 Å². The number of aliphatic carboxylic acids is 1. The molecule has 1 N–H and O–H groups in total. The molecule has 0 bridgehead atoms. The Bertz CT molecular complexity index is 800. The summed E-state index contributed by atoms with van der Waals surface area (Å²) in [5.74, 6) is -0.00814. The predicted molar refractivity (Wildman–Crippen MR) is 110 cm³/mol. The molecule has 0 aromatic heterocycles. The molecule has 0 spiro atoms. The fraction of sp³-hybridized carbons (Fsp3) is 0.500. The number of carboxylic acid groups (broad SMARTS) is 1. The van der Waals surface area contributed by atoms with Crippen LogP contribution in [0.5, 0.6) is 5.75 Å². The number of benzene rings is 2. The van der Waals surface area contributed by atoms with Crippen LogP contribution in [0.15, 0.2) is 36.4 Å². The van der Waals surface area contributed by atoms with Crippen molar-refractivity contribution in [3.8, 4) is 5.75 Å². The summed E-state index contributed by atoms with van der Waals surface area (Å²) in [4.78, 5) is 16.2. The van der Waals surface area contributed by atoms with E-state index in [2.05, 4.69) is 9.80 Å². The molecule has 1 atom stereocenters. The summed E-state index contributed by atoms with van der Waals surface area (Å²) in [5.41, 5.74) is 0.817. The number of carboxylic acids is 1. The Kier molecular flexibility index (Phi) is 6.88. The van der Waals surface area contributed by atoms with Gasteiger partial charge in [-0.1, -0.05) is 18.2 Å². The Hall–Kier alpha value is -2.15. The lowest BCUT2D eigenvalue weighted by Crippen LogP contribution is -2.42. The highest BCUT2D eigenvalue weighted by Crippen LogP contribution is 2.29. The van der Waals surface area contributed by atoms with E-state index < -0.39 is 12.0 Å². The van der Waals surface area contributed by atoms with E-state index in [1.165, 1.54) is 0 Å². The third-order valence-electron chi connectivity index (χ3n) is 5.35. The van der Waals surface area contributed by atoms with Gasteiger partial charge in [0.1, 0.15) is 11.8 Å². The number of fused-ring (bicyclic) bond motifs is 1. The average molecular weight is 386 g/mol. The molecule has 6 heteroatoms. The van der Waals surface area contributed by atoms with Crippen LogP contribution in [0.2, 0.25) is 0 Å². The van der Waals surface area contributed by atoms with Gasteiger partial charge in [-0.25, -0.2) is 0 Å². The standard InChI is InChI=1S/C22H30N2O4/c1-23(2)12-13-28-19-8-10-24(11-9-19)21(22(25)26)18-5-4-17-15-20(27-3)7-6-16(17)14-18/h4-7,14-15,19,21H,8-13H2,1-3H3,(H,25,26)/t21-/m1/s1. The van der Waals surface area contributed by atoms with E-state index in [-0.39, 0.29) is 6.10 Å². The van der Waals surface area contributed by atoms with Crippen LogP contribution in [0.3, 0.4) is 0 Å². The number of carbonyl (C=O) groups is 1. The Morgan fingerprint density at radius 2 is 1.86 bits per heavy atom. The van der Waals surface area contributed by atoms with Crippen LogP contribution in [-0.2, 0) is 9.53 Å². The molecule has 1 heterocycles. The highest BCUT2D eigenvalue weighted by atomic mass is 16.5. The molecule has 0 radical (unpaired) electrons. The molecule has 2 aromatic rings. The van der Waals surface area contributed by atoms with Gasteiger partial charge in [-0.05, 0) is 61.5 Å². The van der Waals surface area contributed by atoms with Crippen LogP contribution in [0.4, 0.5) is 0 Å². The molecule has 0 amide bonds. The van der Waals surface area contributed by atoms with Crippen LogP contribution < -0.4 is 4.74 Å². The zero-order valence-electron chi connectivity index (χ0n) is 16.9. The van der Waals surface area contributed by atoms with Gasteiger partial charge >= 0.3 is 5.97 Å². The molecule has 0 unspecified atom stereocenters. The minimum Gasteiger partial charge on any atom is -0.497 e. The number of likely N-dealkylation sites (tertiary alicyclic amines) is 1. The van der Waals surface area contributed by atoms with Crippen LogP contribution in [0.25, 0.3) is 10.8 Å². The fourth-order valence-corrected chi connectivity index (χ4v) is 3.75. The lowest BCUT2D eigenvalue weighted by molar-refractivity contribution is -0.144. The second kappa shape index (κ2) is 9.37. The van der Waals surface area contributed by atoms with Gasteiger partial charge in [0.25, 0.3) is 0 Å². The number of piperidine rings is 1. The minimum absolute atomic E-state index is 0.217. The first-order chi connectivity index (χ1) is 13.5. The second-order valence-electron chi connectivity index (χ2n) is 7.62. The van der Waals surface area contributed by atoms with Crippen molar-refractivity contribution in [3.05, 3.63) is 42.0 Å². The normalized spacial score (nSPS) is 17.1. The van der Waals surface area contributed by atoms with E-state index in [1.807, 2.05) is 50.5 Å². The number of methoxy groups -OCH3 is 1. The molecular formula is C22H30N2O4. The number of rotatable bonds is 8. The van der Waals surface area contributed by atoms with Crippen molar-refractivity contribution < 1.29 is 19.4 Å². The fourth-order valence-electron chi connectivity index (χ4n) is 3.75. The number of likely N-dealkylation sites (N-methyl/N-ethyl adjacent to an activating group) is 1. The molecule has 1 fully saturated rings. The van der Waals surface area contributed by atoms with Crippen LogP contribution in [0.1, 0.15) is 24.4 Å². The van der Waals surface area contributed by atoms with Gasteiger partial charge in [0, 0.05) is 19.6 Å². The van der Waals surface area contributed by atoms with Gasteiger partial charge in [0.05, 0.1) is 19.8 Å². The van der Waals surface area contributed by atoms with Crippen molar-refractivity contribution in [2.24, 2.45) is 0 Å². The number of ether oxygens (including phenoxy) is 2. The third-order valence-corrected chi connectivity index (χ3v) is 5.35. The molecule has 28 heavy (non-hydrogen) atoms. The van der Waals surface area contributed by atoms with Crippen molar-refractivity contribution in [3.63, 3.8) is 0 Å². The maximum Gasteiger partial charge on any atom is 0.325 e. The van der Waals surface area contributed by atoms with Crippen LogP contribution in [0, 0.1) is 0 Å². The smallest absolute Gasteiger partial charge is 0.325 e. The summed E-state index contributed by atoms with van der Waals surface area (Å²) in [5, 5.41) is 12.0. The summed E-state index contributed by atoms with van der Waals surface area (Å²) < 4.78 is 11.2. The molecule has 0 saturated carbocycles. The summed E-state index contributed by atoms with van der Waals surface area (Å²) >= 11 is 0. The van der Waals surface area contributed by atoms with Gasteiger partial charge < -0.3 is 19.5 Å². The minimum atomic E-state index is -0.806. The van der Waals surface area contributed by atoms with E-state index in [0.717, 1.165) is 54.6 Å². The zero-order chi connectivity index (χ0) is 20.1. The van der Waals surface area contributed by atoms with E-state index in [4.69, 9.17) is 9.47 Å². The largest absolute Gasteiger partial charge is 0.497 e. The molecule has 152 valence electrons. The number of hydrogen-bond donors (Lipinski definition) is 1. The number of hydrogen-bond acceptors (Lipinski definition) is 5. The van der Waals surface area contributed by atoms with Gasteiger partial charge in [0.2, 0.25) is 0 Å². The molecule has 3 rings (SSSR count). The van der Waals surface area contributed by atoms with Crippen LogP contribution in [-0.4, -0.2) is 74.4 Å². The molecule has 1 saturated heterocycles. The van der Waals surface area contributed by atoms with Crippen LogP contribution >= 0.6 is 0 Å². The zero-order valence-corrected chi connectivity index (χ0v) is 16.9. The highest BCUT2D eigenvalue weighted by Gasteiger charge is 2.31. The monoisotopic (exact) mass is 386 g/mol. The summed E-state index contributed by atoms with van der Waals surface area (Å²) in [6.07, 6.45) is 1.94. The van der Waals surface area contributed by atoms with E-state index >= 15 is 0 Å². The van der Waals surface area contributed by atoms with Gasteiger partial charge in [0.15, 0.2) is 0 Å². The maximum atomic E-state index is 12.1. The third kappa shape index (κ3) is 5.01. The SMILES string of the molecule is COc1ccc2cc([C@H](C(=O)O)N3CCC(OCCN(C)C)CC3)ccc2c1. The lowest BCUT2D eigenvalue weighted by Gasteiger charge is -2.36. The molecular weight excluding hydrogens is 356 g/mol. The Morgan fingerprint density at radius 1 is 1.18 bits per heavy atom. The summed E-state index contributed by atoms with van der Waals surface area (Å²) in [6, 6.07) is 11.1. The first-order valence-corrected chi connectivity index (χ1v) is 9.79. The van der Waals surface area contributed by atoms with E-state index in [9.17, 15) is 9.90 Å². The highest BCUT2D eigenvalue weighted by molar-refractivity contribution is 5.86. The van der Waals surface area contributed by atoms with Gasteiger partial charge in [-0.15, -0.1) is 0 Å². The summed E-state index contributed by atoms with van der Waals surface area (Å²) in [7, 11) is 5.70. The maximum absolute atomic E-state index is 12.1. The topological polar surface area (TPSA) is 62.2 Å². The molecule has 2 aromatic carbocycles. The molecule has 6 nitrogen and oxygen atoms in total. The predicted octanol–water partition coefficient (Wildman–Crippen LogP) is 3.02.